The lowest BCUT2D eigenvalue weighted by Gasteiger charge is -2.13. The summed E-state index contributed by atoms with van der Waals surface area (Å²) in [6, 6.07) is 2.18. The van der Waals surface area contributed by atoms with Crippen LogP contribution in [0.4, 0.5) is 0 Å². The van der Waals surface area contributed by atoms with Gasteiger partial charge in [0.25, 0.3) is 0 Å². The molecule has 100 valence electrons. The molecule has 2 aromatic rings. The van der Waals surface area contributed by atoms with Gasteiger partial charge in [-0.2, -0.15) is 0 Å². The molecular formula is C15H17NO2S. The van der Waals surface area contributed by atoms with Gasteiger partial charge in [0.1, 0.15) is 5.01 Å². The van der Waals surface area contributed by atoms with E-state index in [1.54, 1.807) is 0 Å². The van der Waals surface area contributed by atoms with Gasteiger partial charge in [-0.15, -0.1) is 11.3 Å². The zero-order valence-corrected chi connectivity index (χ0v) is 12.4. The van der Waals surface area contributed by atoms with Gasteiger partial charge in [0, 0.05) is 10.9 Å². The number of aliphatic carboxylic acids is 1. The fourth-order valence-electron chi connectivity index (χ4n) is 2.20. The van der Waals surface area contributed by atoms with Gasteiger partial charge in [-0.05, 0) is 49.9 Å². The van der Waals surface area contributed by atoms with E-state index in [-0.39, 0.29) is 6.42 Å². The zero-order valence-electron chi connectivity index (χ0n) is 11.6. The van der Waals surface area contributed by atoms with Crippen LogP contribution in [-0.2, 0) is 11.2 Å². The van der Waals surface area contributed by atoms with Crippen molar-refractivity contribution < 1.29 is 9.90 Å². The summed E-state index contributed by atoms with van der Waals surface area (Å²) in [5.41, 5.74) is 6.71. The highest BCUT2D eigenvalue weighted by Gasteiger charge is 2.14. The van der Waals surface area contributed by atoms with Gasteiger partial charge >= 0.3 is 5.97 Å². The number of hydrogen-bond acceptors (Lipinski definition) is 3. The number of nitrogens with zero attached hydrogens (tertiary/aromatic N) is 1. The summed E-state index contributed by atoms with van der Waals surface area (Å²) in [5, 5.41) is 11.6. The normalized spacial score (nSPS) is 10.7. The van der Waals surface area contributed by atoms with Crippen molar-refractivity contribution in [1.29, 1.82) is 0 Å². The first-order valence-electron chi connectivity index (χ1n) is 6.14. The molecule has 0 aliphatic heterocycles. The highest BCUT2D eigenvalue weighted by Crippen LogP contribution is 2.33. The summed E-state index contributed by atoms with van der Waals surface area (Å²) in [6.07, 6.45) is -0.0145. The molecule has 0 saturated carbocycles. The molecule has 0 aliphatic rings. The number of thiazole rings is 1. The number of carboxylic acid groups (broad SMARTS) is 1. The first-order valence-corrected chi connectivity index (χ1v) is 7.02. The summed E-state index contributed by atoms with van der Waals surface area (Å²) in [4.78, 5) is 15.2. The molecule has 1 aromatic carbocycles. The van der Waals surface area contributed by atoms with Gasteiger partial charge in [-0.1, -0.05) is 6.07 Å². The maximum atomic E-state index is 10.7. The summed E-state index contributed by atoms with van der Waals surface area (Å²) < 4.78 is 0. The SMILES string of the molecule is Cc1cc(C)c(C)c(-c2nc(CC(=O)O)cs2)c1C. The minimum atomic E-state index is -0.842. The molecule has 0 fully saturated rings. The van der Waals surface area contributed by atoms with E-state index in [1.807, 2.05) is 5.38 Å². The van der Waals surface area contributed by atoms with Crippen LogP contribution in [0.1, 0.15) is 27.9 Å². The zero-order chi connectivity index (χ0) is 14.2. The van der Waals surface area contributed by atoms with Crippen molar-refractivity contribution in [1.82, 2.24) is 4.98 Å². The van der Waals surface area contributed by atoms with Gasteiger partial charge in [-0.3, -0.25) is 4.79 Å². The van der Waals surface area contributed by atoms with Gasteiger partial charge < -0.3 is 5.11 Å². The molecule has 1 N–H and O–H groups in total. The highest BCUT2D eigenvalue weighted by atomic mass is 32.1. The lowest BCUT2D eigenvalue weighted by atomic mass is 9.94. The standard InChI is InChI=1S/C15H17NO2S/c1-8-5-9(2)11(4)14(10(8)3)15-16-12(7-19-15)6-13(17)18/h5,7H,6H2,1-4H3,(H,17,18). The maximum Gasteiger partial charge on any atom is 0.309 e. The third-order valence-electron chi connectivity index (χ3n) is 3.46. The van der Waals surface area contributed by atoms with E-state index >= 15 is 0 Å². The van der Waals surface area contributed by atoms with Gasteiger partial charge in [0.05, 0.1) is 12.1 Å². The predicted molar refractivity (Wildman–Crippen MR) is 77.8 cm³/mol. The van der Waals surface area contributed by atoms with Crippen LogP contribution in [0.15, 0.2) is 11.4 Å². The smallest absolute Gasteiger partial charge is 0.309 e. The lowest BCUT2D eigenvalue weighted by Crippen LogP contribution is -2.00. The largest absolute Gasteiger partial charge is 0.481 e. The van der Waals surface area contributed by atoms with Crippen LogP contribution in [0, 0.1) is 27.7 Å². The van der Waals surface area contributed by atoms with E-state index in [0.717, 1.165) is 10.6 Å². The second kappa shape index (κ2) is 5.13. The van der Waals surface area contributed by atoms with Crippen molar-refractivity contribution in [2.45, 2.75) is 34.1 Å². The Morgan fingerprint density at radius 3 is 2.32 bits per heavy atom. The van der Waals surface area contributed by atoms with Crippen molar-refractivity contribution in [3.05, 3.63) is 39.4 Å². The molecule has 0 saturated heterocycles. The molecular weight excluding hydrogens is 258 g/mol. The number of hydrogen-bond donors (Lipinski definition) is 1. The molecule has 0 radical (unpaired) electrons. The third kappa shape index (κ3) is 2.68. The molecule has 0 aliphatic carbocycles. The predicted octanol–water partition coefficient (Wildman–Crippen LogP) is 3.67. The molecule has 1 aromatic heterocycles. The number of aryl methyl sites for hydroxylation is 2. The molecule has 1 heterocycles. The maximum absolute atomic E-state index is 10.7. The fourth-order valence-corrected chi connectivity index (χ4v) is 3.17. The Morgan fingerprint density at radius 2 is 1.79 bits per heavy atom. The number of carboxylic acids is 1. The van der Waals surface area contributed by atoms with Gasteiger partial charge in [0.15, 0.2) is 0 Å². The summed E-state index contributed by atoms with van der Waals surface area (Å²) in [5.74, 6) is -0.842. The first kappa shape index (κ1) is 13.7. The topological polar surface area (TPSA) is 50.2 Å². The Kier molecular flexibility index (Phi) is 3.71. The molecule has 0 atom stereocenters. The van der Waals surface area contributed by atoms with Crippen LogP contribution in [0.5, 0.6) is 0 Å². The molecule has 0 amide bonds. The Bertz CT molecular complexity index is 618. The van der Waals surface area contributed by atoms with Crippen LogP contribution in [0.25, 0.3) is 10.6 Å². The van der Waals surface area contributed by atoms with Crippen molar-refractivity contribution in [2.75, 3.05) is 0 Å². The Hall–Kier alpha value is -1.68. The number of aromatic nitrogens is 1. The van der Waals surface area contributed by atoms with E-state index in [9.17, 15) is 4.79 Å². The molecule has 19 heavy (non-hydrogen) atoms. The van der Waals surface area contributed by atoms with E-state index < -0.39 is 5.97 Å². The average Bonchev–Trinajstić information content (AvgIpc) is 2.74. The van der Waals surface area contributed by atoms with E-state index in [0.29, 0.717) is 5.69 Å². The van der Waals surface area contributed by atoms with Crippen LogP contribution < -0.4 is 0 Å². The quantitative estimate of drug-likeness (QED) is 0.929. The molecule has 2 rings (SSSR count). The summed E-state index contributed by atoms with van der Waals surface area (Å²) >= 11 is 1.52. The van der Waals surface area contributed by atoms with Crippen molar-refractivity contribution in [2.24, 2.45) is 0 Å². The molecule has 0 unspecified atom stereocenters. The van der Waals surface area contributed by atoms with Crippen molar-refractivity contribution in [3.63, 3.8) is 0 Å². The van der Waals surface area contributed by atoms with Crippen LogP contribution in [0.3, 0.4) is 0 Å². The number of rotatable bonds is 3. The number of carbonyl (C=O) groups is 1. The summed E-state index contributed by atoms with van der Waals surface area (Å²) in [7, 11) is 0. The van der Waals surface area contributed by atoms with Crippen LogP contribution in [-0.4, -0.2) is 16.1 Å². The Morgan fingerprint density at radius 1 is 1.21 bits per heavy atom. The van der Waals surface area contributed by atoms with E-state index in [2.05, 4.69) is 38.7 Å². The molecule has 3 nitrogen and oxygen atoms in total. The van der Waals surface area contributed by atoms with Gasteiger partial charge in [0.2, 0.25) is 0 Å². The highest BCUT2D eigenvalue weighted by molar-refractivity contribution is 7.13. The van der Waals surface area contributed by atoms with E-state index in [4.69, 9.17) is 5.11 Å². The second-order valence-corrected chi connectivity index (χ2v) is 5.71. The monoisotopic (exact) mass is 275 g/mol. The molecule has 0 spiro atoms. The Balaban J connectivity index is 2.53. The third-order valence-corrected chi connectivity index (χ3v) is 4.37. The first-order chi connectivity index (χ1) is 8.90. The fraction of sp³-hybridized carbons (Fsp3) is 0.333. The van der Waals surface area contributed by atoms with Crippen LogP contribution >= 0.6 is 11.3 Å². The minimum Gasteiger partial charge on any atom is -0.481 e. The van der Waals surface area contributed by atoms with Gasteiger partial charge in [-0.25, -0.2) is 4.98 Å². The van der Waals surface area contributed by atoms with E-state index in [1.165, 1.54) is 33.6 Å². The Labute approximate surface area is 116 Å². The lowest BCUT2D eigenvalue weighted by molar-refractivity contribution is -0.136. The average molecular weight is 275 g/mol. The minimum absolute atomic E-state index is 0.0145. The summed E-state index contributed by atoms with van der Waals surface area (Å²) in [6.45, 7) is 8.37. The van der Waals surface area contributed by atoms with Crippen LogP contribution in [0.2, 0.25) is 0 Å². The van der Waals surface area contributed by atoms with Crippen molar-refractivity contribution >= 4 is 17.3 Å². The second-order valence-electron chi connectivity index (χ2n) is 4.85. The molecule has 4 heteroatoms. The molecule has 0 bridgehead atoms. The number of benzene rings is 1. The van der Waals surface area contributed by atoms with Crippen molar-refractivity contribution in [3.8, 4) is 10.6 Å².